The fourth-order valence-electron chi connectivity index (χ4n) is 3.62. The van der Waals surface area contributed by atoms with Crippen LogP contribution in [0.2, 0.25) is 0 Å². The lowest BCUT2D eigenvalue weighted by atomic mass is 10.0. The molecule has 4 nitrogen and oxygen atoms in total. The Balaban J connectivity index is 1.86. The van der Waals surface area contributed by atoms with E-state index in [9.17, 15) is 15.3 Å². The van der Waals surface area contributed by atoms with Crippen LogP contribution in [0.5, 0.6) is 17.2 Å². The summed E-state index contributed by atoms with van der Waals surface area (Å²) in [6, 6.07) is 2.79. The first-order valence-corrected chi connectivity index (χ1v) is 11.9. The van der Waals surface area contributed by atoms with Gasteiger partial charge in [-0.25, -0.2) is 0 Å². The van der Waals surface area contributed by atoms with Crippen LogP contribution in [0.1, 0.15) is 115 Å². The van der Waals surface area contributed by atoms with Crippen molar-refractivity contribution >= 4 is 6.21 Å². The van der Waals surface area contributed by atoms with Crippen LogP contribution in [0.3, 0.4) is 0 Å². The summed E-state index contributed by atoms with van der Waals surface area (Å²) in [6.45, 7) is 3.03. The number of phenols is 3. The number of hydrogen-bond acceptors (Lipinski definition) is 4. The second-order valence-corrected chi connectivity index (χ2v) is 8.25. The van der Waals surface area contributed by atoms with Gasteiger partial charge in [-0.1, -0.05) is 103 Å². The third-order valence-corrected chi connectivity index (χ3v) is 5.47. The molecule has 1 aromatic rings. The third-order valence-electron chi connectivity index (χ3n) is 5.47. The van der Waals surface area contributed by atoms with Gasteiger partial charge < -0.3 is 15.3 Å². The molecule has 29 heavy (non-hydrogen) atoms. The van der Waals surface area contributed by atoms with Crippen LogP contribution in [0.4, 0.5) is 0 Å². The largest absolute Gasteiger partial charge is 0.504 e. The second-order valence-electron chi connectivity index (χ2n) is 8.25. The van der Waals surface area contributed by atoms with Gasteiger partial charge in [0.05, 0.1) is 0 Å². The normalized spacial score (nSPS) is 11.5. The maximum absolute atomic E-state index is 9.46. The molecule has 1 aromatic carbocycles. The number of nitrogens with zero attached hydrogens (tertiary/aromatic N) is 1. The smallest absolute Gasteiger partial charge is 0.200 e. The van der Waals surface area contributed by atoms with Crippen LogP contribution in [0, 0.1) is 0 Å². The summed E-state index contributed by atoms with van der Waals surface area (Å²) in [6.07, 6.45) is 23.3. The topological polar surface area (TPSA) is 73.1 Å². The van der Waals surface area contributed by atoms with E-state index in [1.165, 1.54) is 108 Å². The first kappa shape index (κ1) is 25.3. The summed E-state index contributed by atoms with van der Waals surface area (Å²) in [5.74, 6) is -1.14. The standard InChI is InChI=1S/C25H43NO3/c1-2-3-4-5-6-7-8-9-10-11-12-13-14-15-16-17-18-26-21-22-19-23(27)25(29)24(28)20-22/h19-21,27-29H,2-18H2,1H3/b26-21+. The third kappa shape index (κ3) is 13.2. The Bertz CT molecular complexity index is 534. The van der Waals surface area contributed by atoms with Gasteiger partial charge in [0.1, 0.15) is 0 Å². The van der Waals surface area contributed by atoms with Gasteiger partial charge in [-0.15, -0.1) is 0 Å². The molecule has 0 aliphatic rings. The molecule has 0 bridgehead atoms. The Kier molecular flexibility index (Phi) is 15.0. The molecule has 0 saturated heterocycles. The number of aromatic hydroxyl groups is 3. The van der Waals surface area contributed by atoms with E-state index in [2.05, 4.69) is 11.9 Å². The van der Waals surface area contributed by atoms with E-state index in [-0.39, 0.29) is 11.5 Å². The van der Waals surface area contributed by atoms with Crippen LogP contribution >= 0.6 is 0 Å². The van der Waals surface area contributed by atoms with E-state index in [4.69, 9.17) is 0 Å². The van der Waals surface area contributed by atoms with E-state index in [1.54, 1.807) is 6.21 Å². The summed E-state index contributed by atoms with van der Waals surface area (Å²) >= 11 is 0. The molecule has 1 rings (SSSR count). The van der Waals surface area contributed by atoms with Gasteiger partial charge in [-0.2, -0.15) is 0 Å². The van der Waals surface area contributed by atoms with Crippen molar-refractivity contribution in [3.05, 3.63) is 17.7 Å². The average molecular weight is 406 g/mol. The van der Waals surface area contributed by atoms with Crippen molar-refractivity contribution in [1.82, 2.24) is 0 Å². The SMILES string of the molecule is CCCCCCCCCCCCCCCCCC/N=C/c1cc(O)c(O)c(O)c1. The fourth-order valence-corrected chi connectivity index (χ4v) is 3.62. The minimum absolute atomic E-state index is 0.325. The molecule has 0 saturated carbocycles. The maximum atomic E-state index is 9.46. The van der Waals surface area contributed by atoms with Crippen molar-refractivity contribution < 1.29 is 15.3 Å². The maximum Gasteiger partial charge on any atom is 0.200 e. The van der Waals surface area contributed by atoms with E-state index in [0.717, 1.165) is 13.0 Å². The molecule has 4 heteroatoms. The Morgan fingerprint density at radius 3 is 1.41 bits per heavy atom. The Morgan fingerprint density at radius 2 is 1.00 bits per heavy atom. The van der Waals surface area contributed by atoms with Crippen molar-refractivity contribution in [2.75, 3.05) is 6.54 Å². The van der Waals surface area contributed by atoms with Crippen LogP contribution < -0.4 is 0 Å². The zero-order chi connectivity index (χ0) is 21.2. The molecule has 166 valence electrons. The average Bonchev–Trinajstić information content (AvgIpc) is 2.71. The molecular weight excluding hydrogens is 362 g/mol. The molecule has 0 atom stereocenters. The number of benzene rings is 1. The summed E-state index contributed by atoms with van der Waals surface area (Å²) in [4.78, 5) is 4.33. The molecule has 0 aliphatic heterocycles. The number of phenolic OH excluding ortho intramolecular Hbond substituents is 3. The highest BCUT2D eigenvalue weighted by atomic mass is 16.3. The summed E-state index contributed by atoms with van der Waals surface area (Å²) in [7, 11) is 0. The van der Waals surface area contributed by atoms with Crippen LogP contribution in [-0.2, 0) is 0 Å². The van der Waals surface area contributed by atoms with Gasteiger partial charge in [0.2, 0.25) is 0 Å². The highest BCUT2D eigenvalue weighted by Gasteiger charge is 2.06. The zero-order valence-corrected chi connectivity index (χ0v) is 18.5. The highest BCUT2D eigenvalue weighted by Crippen LogP contribution is 2.34. The highest BCUT2D eigenvalue weighted by molar-refractivity contribution is 5.82. The number of rotatable bonds is 18. The van der Waals surface area contributed by atoms with Crippen molar-refractivity contribution in [3.8, 4) is 17.2 Å². The van der Waals surface area contributed by atoms with Gasteiger partial charge in [0.25, 0.3) is 0 Å². The first-order chi connectivity index (χ1) is 14.1. The van der Waals surface area contributed by atoms with E-state index in [1.807, 2.05) is 0 Å². The molecule has 3 N–H and O–H groups in total. The molecule has 0 radical (unpaired) electrons. The molecule has 0 aromatic heterocycles. The van der Waals surface area contributed by atoms with Crippen molar-refractivity contribution in [1.29, 1.82) is 0 Å². The van der Waals surface area contributed by atoms with Gasteiger partial charge >= 0.3 is 0 Å². The molecule has 0 heterocycles. The molecule has 0 amide bonds. The van der Waals surface area contributed by atoms with Crippen LogP contribution in [0.15, 0.2) is 17.1 Å². The van der Waals surface area contributed by atoms with E-state index in [0.29, 0.717) is 5.56 Å². The lowest BCUT2D eigenvalue weighted by Crippen LogP contribution is -1.87. The lowest BCUT2D eigenvalue weighted by molar-refractivity contribution is 0.368. The fraction of sp³-hybridized carbons (Fsp3) is 0.720. The summed E-state index contributed by atoms with van der Waals surface area (Å²) in [5, 5.41) is 28.2. The minimum Gasteiger partial charge on any atom is -0.504 e. The number of unbranched alkanes of at least 4 members (excludes halogenated alkanes) is 15. The minimum atomic E-state index is -0.486. The second kappa shape index (κ2) is 17.2. The monoisotopic (exact) mass is 405 g/mol. The first-order valence-electron chi connectivity index (χ1n) is 11.9. The van der Waals surface area contributed by atoms with Crippen molar-refractivity contribution in [2.45, 2.75) is 110 Å². The van der Waals surface area contributed by atoms with Crippen molar-refractivity contribution in [3.63, 3.8) is 0 Å². The zero-order valence-electron chi connectivity index (χ0n) is 18.5. The predicted molar refractivity (Wildman–Crippen MR) is 123 cm³/mol. The van der Waals surface area contributed by atoms with Gasteiger partial charge in [0.15, 0.2) is 17.2 Å². The Hall–Kier alpha value is -1.71. The Morgan fingerprint density at radius 1 is 0.621 bits per heavy atom. The lowest BCUT2D eigenvalue weighted by Gasteiger charge is -2.03. The molecule has 0 spiro atoms. The molecule has 0 fully saturated rings. The van der Waals surface area contributed by atoms with E-state index >= 15 is 0 Å². The molecule has 0 aliphatic carbocycles. The number of hydrogen-bond donors (Lipinski definition) is 3. The van der Waals surface area contributed by atoms with Gasteiger partial charge in [-0.05, 0) is 24.1 Å². The van der Waals surface area contributed by atoms with Crippen molar-refractivity contribution in [2.24, 2.45) is 4.99 Å². The van der Waals surface area contributed by atoms with Gasteiger partial charge in [0, 0.05) is 12.8 Å². The predicted octanol–water partition coefficient (Wildman–Crippen LogP) is 7.48. The van der Waals surface area contributed by atoms with Crippen LogP contribution in [-0.4, -0.2) is 28.1 Å². The quantitative estimate of drug-likeness (QED) is 0.135. The van der Waals surface area contributed by atoms with Gasteiger partial charge in [-0.3, -0.25) is 4.99 Å². The van der Waals surface area contributed by atoms with E-state index < -0.39 is 5.75 Å². The molecule has 0 unspecified atom stereocenters. The molecular formula is C25H43NO3. The summed E-state index contributed by atoms with van der Waals surface area (Å²) in [5.41, 5.74) is 0.592. The van der Waals surface area contributed by atoms with Crippen LogP contribution in [0.25, 0.3) is 0 Å². The number of aliphatic imine (C=N–C) groups is 1. The summed E-state index contributed by atoms with van der Waals surface area (Å²) < 4.78 is 0. The Labute approximate surface area is 178 Å².